The quantitative estimate of drug-likeness (QED) is 0.622. The molecule has 2 aromatic rings. The van der Waals surface area contributed by atoms with Gasteiger partial charge in [0.2, 0.25) is 10.0 Å². The van der Waals surface area contributed by atoms with E-state index in [0.29, 0.717) is 31.2 Å². The molecule has 1 aliphatic heterocycles. The summed E-state index contributed by atoms with van der Waals surface area (Å²) in [5.74, 6) is 0. The number of halogens is 2. The van der Waals surface area contributed by atoms with Crippen LogP contribution in [0.15, 0.2) is 53.9 Å². The Morgan fingerprint density at radius 1 is 1.14 bits per heavy atom. The second-order valence-electron chi connectivity index (χ2n) is 7.27. The van der Waals surface area contributed by atoms with Crippen molar-refractivity contribution in [2.24, 2.45) is 0 Å². The standard InChI is InChI=1S/C20H21Cl2N3O2S2/c1-20(22)9-3-2-4-18(20)29(26,27)25-12-10-24(11-13-25)19-23-17(14-28-19)15-5-7-16(21)8-6-15/h2-9,14,18H,10-13H2,1H3. The molecule has 0 N–H and O–H groups in total. The van der Waals surface area contributed by atoms with Crippen LogP contribution in [-0.4, -0.2) is 54.0 Å². The number of hydrogen-bond acceptors (Lipinski definition) is 5. The highest BCUT2D eigenvalue weighted by Gasteiger charge is 2.43. The molecule has 0 amide bonds. The predicted octanol–water partition coefficient (Wildman–Crippen LogP) is 4.41. The van der Waals surface area contributed by atoms with Crippen molar-refractivity contribution in [3.63, 3.8) is 0 Å². The third-order valence-electron chi connectivity index (χ3n) is 5.20. The Labute approximate surface area is 185 Å². The predicted molar refractivity (Wildman–Crippen MR) is 122 cm³/mol. The molecule has 9 heteroatoms. The van der Waals surface area contributed by atoms with Crippen LogP contribution in [0, 0.1) is 0 Å². The van der Waals surface area contributed by atoms with E-state index in [0.717, 1.165) is 16.4 Å². The summed E-state index contributed by atoms with van der Waals surface area (Å²) in [7, 11) is -3.53. The molecular formula is C20H21Cl2N3O2S2. The molecule has 1 fully saturated rings. The van der Waals surface area contributed by atoms with E-state index < -0.39 is 20.1 Å². The van der Waals surface area contributed by atoms with E-state index in [1.807, 2.05) is 29.6 Å². The highest BCUT2D eigenvalue weighted by Crippen LogP contribution is 2.33. The lowest BCUT2D eigenvalue weighted by atomic mass is 10.0. The molecule has 1 saturated heterocycles. The third kappa shape index (κ3) is 4.25. The Morgan fingerprint density at radius 2 is 1.83 bits per heavy atom. The molecule has 0 radical (unpaired) electrons. The van der Waals surface area contributed by atoms with Crippen LogP contribution in [-0.2, 0) is 10.0 Å². The molecule has 0 saturated carbocycles. The van der Waals surface area contributed by atoms with E-state index in [1.54, 1.807) is 46.9 Å². The third-order valence-corrected chi connectivity index (χ3v) is 9.21. The van der Waals surface area contributed by atoms with Crippen LogP contribution in [0.5, 0.6) is 0 Å². The Morgan fingerprint density at radius 3 is 2.48 bits per heavy atom. The molecule has 2 heterocycles. The molecule has 0 spiro atoms. The Balaban J connectivity index is 1.44. The van der Waals surface area contributed by atoms with Crippen LogP contribution in [0.3, 0.4) is 0 Å². The Kier molecular flexibility index (Phi) is 5.79. The first-order chi connectivity index (χ1) is 13.8. The number of thiazole rings is 1. The number of rotatable bonds is 4. The average molecular weight is 470 g/mol. The summed E-state index contributed by atoms with van der Waals surface area (Å²) in [5, 5.41) is 2.84. The van der Waals surface area contributed by atoms with Crippen molar-refractivity contribution >= 4 is 49.7 Å². The first-order valence-corrected chi connectivity index (χ1v) is 12.4. The number of alkyl halides is 1. The molecule has 5 nitrogen and oxygen atoms in total. The molecule has 1 aliphatic carbocycles. The largest absolute Gasteiger partial charge is 0.345 e. The van der Waals surface area contributed by atoms with Gasteiger partial charge in [-0.2, -0.15) is 4.31 Å². The van der Waals surface area contributed by atoms with Crippen LogP contribution in [0.4, 0.5) is 5.13 Å². The summed E-state index contributed by atoms with van der Waals surface area (Å²) in [5.41, 5.74) is 1.91. The van der Waals surface area contributed by atoms with Gasteiger partial charge in [0.05, 0.1) is 10.6 Å². The molecule has 29 heavy (non-hydrogen) atoms. The fourth-order valence-electron chi connectivity index (χ4n) is 3.54. The topological polar surface area (TPSA) is 53.5 Å². The van der Waals surface area contributed by atoms with Crippen LogP contribution in [0.2, 0.25) is 5.02 Å². The summed E-state index contributed by atoms with van der Waals surface area (Å²) in [4.78, 5) is 5.92. The summed E-state index contributed by atoms with van der Waals surface area (Å²) < 4.78 is 27.8. The molecule has 2 aliphatic rings. The molecule has 1 aromatic carbocycles. The summed E-state index contributed by atoms with van der Waals surface area (Å²) >= 11 is 14.0. The highest BCUT2D eigenvalue weighted by atomic mass is 35.5. The van der Waals surface area contributed by atoms with Crippen LogP contribution >= 0.6 is 34.5 Å². The molecule has 2 unspecified atom stereocenters. The number of nitrogens with zero attached hydrogens (tertiary/aromatic N) is 3. The number of piperazine rings is 1. The van der Waals surface area contributed by atoms with Crippen molar-refractivity contribution in [2.45, 2.75) is 17.0 Å². The van der Waals surface area contributed by atoms with E-state index in [9.17, 15) is 8.42 Å². The minimum atomic E-state index is -3.53. The van der Waals surface area contributed by atoms with Crippen LogP contribution < -0.4 is 4.90 Å². The monoisotopic (exact) mass is 469 g/mol. The second-order valence-corrected chi connectivity index (χ2v) is 11.4. The maximum Gasteiger partial charge on any atom is 0.222 e. The Bertz CT molecular complexity index is 1040. The van der Waals surface area contributed by atoms with Crippen molar-refractivity contribution in [3.8, 4) is 11.3 Å². The minimum absolute atomic E-state index is 0.416. The first kappa shape index (κ1) is 20.9. The fraction of sp³-hybridized carbons (Fsp3) is 0.350. The van der Waals surface area contributed by atoms with Crippen LogP contribution in [0.1, 0.15) is 6.92 Å². The number of sulfonamides is 1. The van der Waals surface area contributed by atoms with Gasteiger partial charge in [0.25, 0.3) is 0 Å². The van der Waals surface area contributed by atoms with Gasteiger partial charge in [-0.25, -0.2) is 13.4 Å². The Hall–Kier alpha value is -1.38. The SMILES string of the molecule is CC1(Cl)C=CC=CC1S(=O)(=O)N1CCN(c2nc(-c3ccc(Cl)cc3)cs2)CC1. The van der Waals surface area contributed by atoms with Gasteiger partial charge in [-0.3, -0.25) is 0 Å². The number of aromatic nitrogens is 1. The number of benzene rings is 1. The maximum atomic E-state index is 13.1. The van der Waals surface area contributed by atoms with E-state index in [2.05, 4.69) is 4.90 Å². The van der Waals surface area contributed by atoms with Crippen molar-refractivity contribution < 1.29 is 8.42 Å². The molecule has 1 aromatic heterocycles. The van der Waals surface area contributed by atoms with Gasteiger partial charge in [0.15, 0.2) is 5.13 Å². The molecule has 4 rings (SSSR count). The number of allylic oxidation sites excluding steroid dienone is 3. The van der Waals surface area contributed by atoms with Crippen molar-refractivity contribution in [1.29, 1.82) is 0 Å². The zero-order valence-corrected chi connectivity index (χ0v) is 19.0. The average Bonchev–Trinajstić information content (AvgIpc) is 3.18. The summed E-state index contributed by atoms with van der Waals surface area (Å²) in [6.07, 6.45) is 6.95. The maximum absolute atomic E-state index is 13.1. The molecular weight excluding hydrogens is 449 g/mol. The van der Waals surface area contributed by atoms with E-state index in [1.165, 1.54) is 0 Å². The van der Waals surface area contributed by atoms with Crippen molar-refractivity contribution in [1.82, 2.24) is 9.29 Å². The summed E-state index contributed by atoms with van der Waals surface area (Å²) in [6, 6.07) is 7.58. The lowest BCUT2D eigenvalue weighted by Crippen LogP contribution is -2.54. The minimum Gasteiger partial charge on any atom is -0.345 e. The number of hydrogen-bond donors (Lipinski definition) is 0. The van der Waals surface area contributed by atoms with Gasteiger partial charge in [0, 0.05) is 42.1 Å². The van der Waals surface area contributed by atoms with Crippen molar-refractivity contribution in [2.75, 3.05) is 31.1 Å². The van der Waals surface area contributed by atoms with E-state index >= 15 is 0 Å². The smallest absolute Gasteiger partial charge is 0.222 e. The lowest BCUT2D eigenvalue weighted by molar-refractivity contribution is 0.379. The van der Waals surface area contributed by atoms with Gasteiger partial charge in [0.1, 0.15) is 5.25 Å². The second kappa shape index (κ2) is 8.04. The van der Waals surface area contributed by atoms with Crippen LogP contribution in [0.25, 0.3) is 11.3 Å². The normalized spacial score (nSPS) is 25.5. The fourth-order valence-corrected chi connectivity index (χ4v) is 6.98. The molecule has 154 valence electrons. The lowest BCUT2D eigenvalue weighted by Gasteiger charge is -2.38. The van der Waals surface area contributed by atoms with Gasteiger partial charge in [-0.1, -0.05) is 48.0 Å². The molecule has 0 bridgehead atoms. The molecule has 2 atom stereocenters. The zero-order chi connectivity index (χ0) is 20.6. The first-order valence-electron chi connectivity index (χ1n) is 9.28. The van der Waals surface area contributed by atoms with Gasteiger partial charge >= 0.3 is 0 Å². The zero-order valence-electron chi connectivity index (χ0n) is 15.8. The summed E-state index contributed by atoms with van der Waals surface area (Å²) in [6.45, 7) is 3.76. The van der Waals surface area contributed by atoms with Gasteiger partial charge in [-0.05, 0) is 19.1 Å². The van der Waals surface area contributed by atoms with E-state index in [4.69, 9.17) is 28.2 Å². The number of anilines is 1. The van der Waals surface area contributed by atoms with E-state index in [-0.39, 0.29) is 0 Å². The van der Waals surface area contributed by atoms with Gasteiger partial charge < -0.3 is 4.90 Å². The highest BCUT2D eigenvalue weighted by molar-refractivity contribution is 7.90. The van der Waals surface area contributed by atoms with Crippen molar-refractivity contribution in [3.05, 3.63) is 59.0 Å². The van der Waals surface area contributed by atoms with Gasteiger partial charge in [-0.15, -0.1) is 22.9 Å².